The summed E-state index contributed by atoms with van der Waals surface area (Å²) >= 11 is 0. The Bertz CT molecular complexity index is 511. The highest BCUT2D eigenvalue weighted by Crippen LogP contribution is 2.43. The molecule has 3 atom stereocenters. The maximum absolute atomic E-state index is 5.61. The molecule has 2 bridgehead atoms. The van der Waals surface area contributed by atoms with Crippen LogP contribution in [0.2, 0.25) is 0 Å². The molecule has 1 aromatic carbocycles. The molecule has 100 valence electrons. The molecule has 0 spiro atoms. The highest BCUT2D eigenvalue weighted by Gasteiger charge is 2.35. The summed E-state index contributed by atoms with van der Waals surface area (Å²) in [6, 6.07) is 6.13. The van der Waals surface area contributed by atoms with Gasteiger partial charge in [0.15, 0.2) is 11.5 Å². The predicted molar refractivity (Wildman–Crippen MR) is 74.8 cm³/mol. The van der Waals surface area contributed by atoms with Crippen molar-refractivity contribution in [1.29, 1.82) is 0 Å². The minimum atomic E-state index is 0.646. The van der Waals surface area contributed by atoms with Gasteiger partial charge in [-0.25, -0.2) is 0 Å². The first-order valence-corrected chi connectivity index (χ1v) is 7.20. The molecule has 1 saturated carbocycles. The van der Waals surface area contributed by atoms with E-state index < -0.39 is 0 Å². The number of rotatable bonds is 3. The van der Waals surface area contributed by atoms with Crippen molar-refractivity contribution in [3.05, 3.63) is 30.4 Å². The summed E-state index contributed by atoms with van der Waals surface area (Å²) < 4.78 is 11.1. The molecule has 3 aliphatic rings. The molecular formula is C16H19NO2. The van der Waals surface area contributed by atoms with Crippen molar-refractivity contribution in [1.82, 2.24) is 0 Å². The Kier molecular flexibility index (Phi) is 2.64. The van der Waals surface area contributed by atoms with E-state index in [1.807, 2.05) is 6.07 Å². The number of ether oxygens (including phenoxy) is 2. The molecule has 3 heteroatoms. The van der Waals surface area contributed by atoms with E-state index in [0.717, 1.165) is 41.5 Å². The Hall–Kier alpha value is -1.64. The van der Waals surface area contributed by atoms with Crippen LogP contribution in [0.15, 0.2) is 30.4 Å². The second-order valence-corrected chi connectivity index (χ2v) is 5.78. The van der Waals surface area contributed by atoms with Crippen LogP contribution in [0.25, 0.3) is 0 Å². The molecule has 2 aliphatic carbocycles. The minimum absolute atomic E-state index is 0.646. The molecule has 0 amide bonds. The Morgan fingerprint density at radius 2 is 1.95 bits per heavy atom. The van der Waals surface area contributed by atoms with Crippen LogP contribution < -0.4 is 14.8 Å². The van der Waals surface area contributed by atoms with Gasteiger partial charge in [-0.15, -0.1) is 0 Å². The summed E-state index contributed by atoms with van der Waals surface area (Å²) in [6.07, 6.45) is 7.52. The fraction of sp³-hybridized carbons (Fsp3) is 0.500. The Morgan fingerprint density at radius 1 is 1.05 bits per heavy atom. The third kappa shape index (κ3) is 2.07. The van der Waals surface area contributed by atoms with Crippen molar-refractivity contribution in [3.63, 3.8) is 0 Å². The molecule has 3 unspecified atom stereocenters. The van der Waals surface area contributed by atoms with Crippen molar-refractivity contribution in [3.8, 4) is 11.5 Å². The second kappa shape index (κ2) is 4.48. The summed E-state index contributed by atoms with van der Waals surface area (Å²) in [5, 5.41) is 3.55. The minimum Gasteiger partial charge on any atom is -0.486 e. The first-order chi connectivity index (χ1) is 9.38. The zero-order valence-electron chi connectivity index (χ0n) is 11.0. The molecule has 1 aromatic rings. The van der Waals surface area contributed by atoms with Crippen LogP contribution in [0.5, 0.6) is 11.5 Å². The van der Waals surface area contributed by atoms with Gasteiger partial charge in [0.25, 0.3) is 0 Å². The molecule has 1 aliphatic heterocycles. The van der Waals surface area contributed by atoms with E-state index in [-0.39, 0.29) is 0 Å². The summed E-state index contributed by atoms with van der Waals surface area (Å²) in [7, 11) is 0. The molecule has 0 aromatic heterocycles. The van der Waals surface area contributed by atoms with Gasteiger partial charge in [-0.1, -0.05) is 12.2 Å². The summed E-state index contributed by atoms with van der Waals surface area (Å²) in [4.78, 5) is 0. The molecular weight excluding hydrogens is 238 g/mol. The van der Waals surface area contributed by atoms with Gasteiger partial charge in [-0.05, 0) is 42.7 Å². The monoisotopic (exact) mass is 257 g/mol. The van der Waals surface area contributed by atoms with Crippen LogP contribution in [0.1, 0.15) is 12.8 Å². The van der Waals surface area contributed by atoms with Gasteiger partial charge in [0.2, 0.25) is 0 Å². The summed E-state index contributed by atoms with van der Waals surface area (Å²) in [5.74, 6) is 4.17. The standard InChI is InChI=1S/C16H19NO2/c1-2-12-7-11(1)8-13(12)10-17-14-3-4-15-16(9-14)19-6-5-18-15/h1-4,9,11-13,17H,5-8,10H2. The lowest BCUT2D eigenvalue weighted by molar-refractivity contribution is 0.171. The molecule has 0 saturated heterocycles. The van der Waals surface area contributed by atoms with Crippen LogP contribution in [0.4, 0.5) is 5.69 Å². The molecule has 3 nitrogen and oxygen atoms in total. The van der Waals surface area contributed by atoms with Crippen molar-refractivity contribution >= 4 is 5.69 Å². The SMILES string of the molecule is C1=CC2CC1CC2CNc1ccc2c(c1)OCCO2. The number of anilines is 1. The fourth-order valence-electron chi connectivity index (χ4n) is 3.53. The first-order valence-electron chi connectivity index (χ1n) is 7.20. The number of benzene rings is 1. The van der Waals surface area contributed by atoms with Gasteiger partial charge in [0.1, 0.15) is 13.2 Å². The van der Waals surface area contributed by atoms with E-state index in [4.69, 9.17) is 9.47 Å². The van der Waals surface area contributed by atoms with Crippen LogP contribution in [0.3, 0.4) is 0 Å². The van der Waals surface area contributed by atoms with Crippen LogP contribution in [-0.4, -0.2) is 19.8 Å². The third-order valence-corrected chi connectivity index (χ3v) is 4.53. The first kappa shape index (κ1) is 11.2. The Balaban J connectivity index is 1.41. The molecule has 19 heavy (non-hydrogen) atoms. The van der Waals surface area contributed by atoms with E-state index in [1.165, 1.54) is 12.8 Å². The topological polar surface area (TPSA) is 30.5 Å². The summed E-state index contributed by atoms with van der Waals surface area (Å²) in [6.45, 7) is 2.36. The number of allylic oxidation sites excluding steroid dienone is 2. The average molecular weight is 257 g/mol. The maximum atomic E-state index is 5.61. The van der Waals surface area contributed by atoms with E-state index in [1.54, 1.807) is 0 Å². The fourth-order valence-corrected chi connectivity index (χ4v) is 3.53. The quantitative estimate of drug-likeness (QED) is 0.844. The van der Waals surface area contributed by atoms with Crippen LogP contribution in [0, 0.1) is 17.8 Å². The van der Waals surface area contributed by atoms with E-state index in [0.29, 0.717) is 13.2 Å². The molecule has 1 N–H and O–H groups in total. The number of hydrogen-bond acceptors (Lipinski definition) is 3. The molecule has 4 rings (SSSR count). The Labute approximate surface area is 113 Å². The van der Waals surface area contributed by atoms with Gasteiger partial charge in [0.05, 0.1) is 0 Å². The molecule has 1 fully saturated rings. The van der Waals surface area contributed by atoms with Crippen molar-refractivity contribution in [2.45, 2.75) is 12.8 Å². The van der Waals surface area contributed by atoms with Crippen LogP contribution in [-0.2, 0) is 0 Å². The largest absolute Gasteiger partial charge is 0.486 e. The average Bonchev–Trinajstić information content (AvgIpc) is 3.07. The van der Waals surface area contributed by atoms with E-state index in [2.05, 4.69) is 29.6 Å². The van der Waals surface area contributed by atoms with E-state index in [9.17, 15) is 0 Å². The highest BCUT2D eigenvalue weighted by atomic mass is 16.6. The van der Waals surface area contributed by atoms with Crippen molar-refractivity contribution in [2.24, 2.45) is 17.8 Å². The number of fused-ring (bicyclic) bond motifs is 3. The van der Waals surface area contributed by atoms with Crippen LogP contribution >= 0.6 is 0 Å². The normalized spacial score (nSPS) is 30.6. The molecule has 1 heterocycles. The van der Waals surface area contributed by atoms with Crippen molar-refractivity contribution in [2.75, 3.05) is 25.1 Å². The van der Waals surface area contributed by atoms with Gasteiger partial charge in [-0.3, -0.25) is 0 Å². The van der Waals surface area contributed by atoms with Gasteiger partial charge in [0, 0.05) is 18.3 Å². The predicted octanol–water partition coefficient (Wildman–Crippen LogP) is 3.08. The zero-order valence-corrected chi connectivity index (χ0v) is 11.0. The second-order valence-electron chi connectivity index (χ2n) is 5.78. The number of hydrogen-bond donors (Lipinski definition) is 1. The lowest BCUT2D eigenvalue weighted by Crippen LogP contribution is -2.19. The van der Waals surface area contributed by atoms with Gasteiger partial charge in [-0.2, -0.15) is 0 Å². The summed E-state index contributed by atoms with van der Waals surface area (Å²) in [5.41, 5.74) is 1.14. The van der Waals surface area contributed by atoms with E-state index >= 15 is 0 Å². The maximum Gasteiger partial charge on any atom is 0.163 e. The third-order valence-electron chi connectivity index (χ3n) is 4.53. The van der Waals surface area contributed by atoms with Gasteiger partial charge < -0.3 is 14.8 Å². The number of nitrogens with one attached hydrogen (secondary N) is 1. The smallest absolute Gasteiger partial charge is 0.163 e. The van der Waals surface area contributed by atoms with Crippen molar-refractivity contribution < 1.29 is 9.47 Å². The van der Waals surface area contributed by atoms with Gasteiger partial charge >= 0.3 is 0 Å². The molecule has 0 radical (unpaired) electrons. The highest BCUT2D eigenvalue weighted by molar-refractivity contribution is 5.55. The lowest BCUT2D eigenvalue weighted by Gasteiger charge is -2.21. The lowest BCUT2D eigenvalue weighted by atomic mass is 9.93. The Morgan fingerprint density at radius 3 is 2.74 bits per heavy atom. The zero-order chi connectivity index (χ0) is 12.7.